The highest BCUT2D eigenvalue weighted by Gasteiger charge is 2.10. The normalized spacial score (nSPS) is 9.91. The smallest absolute Gasteiger partial charge is 0.342 e. The predicted octanol–water partition coefficient (Wildman–Crippen LogP) is 1.03. The van der Waals surface area contributed by atoms with Crippen LogP contribution in [0, 0.1) is 10.1 Å². The van der Waals surface area contributed by atoms with Crippen molar-refractivity contribution in [1.82, 2.24) is 9.55 Å². The number of imidazole rings is 1. The molecule has 0 fully saturated rings. The first kappa shape index (κ1) is 8.00. The third-order valence-corrected chi connectivity index (χ3v) is 1.37. The maximum Gasteiger partial charge on any atom is 0.342 e. The van der Waals surface area contributed by atoms with E-state index in [-0.39, 0.29) is 5.82 Å². The fourth-order valence-electron chi connectivity index (χ4n) is 0.729. The molecule has 0 bridgehead atoms. The van der Waals surface area contributed by atoms with Crippen molar-refractivity contribution in [2.75, 3.05) is 5.88 Å². The molecule has 1 heterocycles. The van der Waals surface area contributed by atoms with Gasteiger partial charge in [-0.25, -0.2) is 9.55 Å². The van der Waals surface area contributed by atoms with E-state index < -0.39 is 4.92 Å². The minimum absolute atomic E-state index is 0.0225. The molecule has 0 N–H and O–H groups in total. The van der Waals surface area contributed by atoms with Crippen molar-refractivity contribution in [3.8, 4) is 0 Å². The number of aromatic nitrogens is 2. The van der Waals surface area contributed by atoms with Crippen LogP contribution in [0.5, 0.6) is 0 Å². The topological polar surface area (TPSA) is 61.0 Å². The molecule has 0 saturated carbocycles. The molecule has 60 valence electrons. The highest BCUT2D eigenvalue weighted by atomic mass is 35.5. The van der Waals surface area contributed by atoms with Crippen LogP contribution < -0.4 is 0 Å². The van der Waals surface area contributed by atoms with E-state index >= 15 is 0 Å². The zero-order chi connectivity index (χ0) is 8.27. The van der Waals surface area contributed by atoms with Crippen LogP contribution in [0.15, 0.2) is 12.5 Å². The lowest BCUT2D eigenvalue weighted by Crippen LogP contribution is -2.02. The molecular formula is C5H6ClN3O2. The minimum atomic E-state index is -0.487. The quantitative estimate of drug-likeness (QED) is 0.392. The second-order valence-corrected chi connectivity index (χ2v) is 2.27. The zero-order valence-corrected chi connectivity index (χ0v) is 6.36. The molecule has 0 spiro atoms. The number of hydrogen-bond donors (Lipinski definition) is 0. The summed E-state index contributed by atoms with van der Waals surface area (Å²) in [6, 6.07) is 0. The molecule has 6 heteroatoms. The van der Waals surface area contributed by atoms with E-state index in [9.17, 15) is 10.1 Å². The van der Waals surface area contributed by atoms with Crippen LogP contribution in [0.2, 0.25) is 0 Å². The molecule has 1 aromatic heterocycles. The van der Waals surface area contributed by atoms with Crippen LogP contribution in [0.3, 0.4) is 0 Å². The van der Waals surface area contributed by atoms with Gasteiger partial charge in [0.15, 0.2) is 6.33 Å². The Bertz CT molecular complexity index is 260. The first-order chi connectivity index (χ1) is 5.25. The summed E-state index contributed by atoms with van der Waals surface area (Å²) < 4.78 is 1.40. The Morgan fingerprint density at radius 3 is 3.09 bits per heavy atom. The highest BCUT2D eigenvalue weighted by Crippen LogP contribution is 2.08. The van der Waals surface area contributed by atoms with Crippen LogP contribution in [0.1, 0.15) is 0 Å². The number of halogens is 1. The van der Waals surface area contributed by atoms with Gasteiger partial charge in [0.05, 0.1) is 5.88 Å². The highest BCUT2D eigenvalue weighted by molar-refractivity contribution is 6.17. The third kappa shape index (κ3) is 1.68. The SMILES string of the molecule is O=[N+]([O-])c1cncn1CCCl. The number of rotatable bonds is 3. The van der Waals surface area contributed by atoms with Gasteiger partial charge >= 0.3 is 5.82 Å². The van der Waals surface area contributed by atoms with E-state index in [1.807, 2.05) is 0 Å². The standard InChI is InChI=1S/C5H6ClN3O2/c6-1-2-8-4-7-3-5(8)9(10)11/h3-4H,1-2H2. The molecule has 0 aromatic carbocycles. The molecule has 0 unspecified atom stereocenters. The van der Waals surface area contributed by atoms with Gasteiger partial charge in [0.2, 0.25) is 0 Å². The molecule has 0 aliphatic heterocycles. The Kier molecular flexibility index (Phi) is 2.43. The monoisotopic (exact) mass is 175 g/mol. The summed E-state index contributed by atoms with van der Waals surface area (Å²) in [5.41, 5.74) is 0. The van der Waals surface area contributed by atoms with E-state index in [1.54, 1.807) is 0 Å². The summed E-state index contributed by atoms with van der Waals surface area (Å²) in [7, 11) is 0. The lowest BCUT2D eigenvalue weighted by Gasteiger charge is -1.95. The fourth-order valence-corrected chi connectivity index (χ4v) is 0.911. The van der Waals surface area contributed by atoms with E-state index in [0.29, 0.717) is 12.4 Å². The summed E-state index contributed by atoms with van der Waals surface area (Å²) in [5.74, 6) is 0.322. The lowest BCUT2D eigenvalue weighted by atomic mass is 10.6. The third-order valence-electron chi connectivity index (χ3n) is 1.20. The number of aryl methyl sites for hydroxylation is 1. The van der Waals surface area contributed by atoms with E-state index in [4.69, 9.17) is 11.6 Å². The maximum atomic E-state index is 10.3. The fraction of sp³-hybridized carbons (Fsp3) is 0.400. The van der Waals surface area contributed by atoms with Gasteiger partial charge in [-0.05, 0) is 4.92 Å². The number of nitrogens with zero attached hydrogens (tertiary/aromatic N) is 3. The molecule has 0 aliphatic carbocycles. The van der Waals surface area contributed by atoms with Gasteiger partial charge in [-0.2, -0.15) is 0 Å². The van der Waals surface area contributed by atoms with Crippen molar-refractivity contribution in [3.05, 3.63) is 22.6 Å². The molecule has 0 aliphatic rings. The number of alkyl halides is 1. The molecule has 1 rings (SSSR count). The Labute approximate surface area is 67.8 Å². The average Bonchev–Trinajstić information content (AvgIpc) is 2.36. The molecule has 1 aromatic rings. The first-order valence-corrected chi connectivity index (χ1v) is 3.49. The lowest BCUT2D eigenvalue weighted by molar-refractivity contribution is -0.392. The molecule has 0 radical (unpaired) electrons. The van der Waals surface area contributed by atoms with Crippen LogP contribution >= 0.6 is 11.6 Å². The molecule has 5 nitrogen and oxygen atoms in total. The van der Waals surface area contributed by atoms with Gasteiger partial charge in [0.25, 0.3) is 0 Å². The second kappa shape index (κ2) is 3.34. The van der Waals surface area contributed by atoms with Crippen molar-refractivity contribution in [3.63, 3.8) is 0 Å². The molecule has 0 saturated heterocycles. The van der Waals surface area contributed by atoms with Gasteiger partial charge in [0, 0.05) is 0 Å². The van der Waals surface area contributed by atoms with Gasteiger partial charge < -0.3 is 10.1 Å². The van der Waals surface area contributed by atoms with Crippen molar-refractivity contribution in [2.24, 2.45) is 0 Å². The maximum absolute atomic E-state index is 10.3. The van der Waals surface area contributed by atoms with Crippen LogP contribution in [-0.4, -0.2) is 20.4 Å². The zero-order valence-electron chi connectivity index (χ0n) is 5.61. The van der Waals surface area contributed by atoms with Gasteiger partial charge in [0.1, 0.15) is 12.7 Å². The average molecular weight is 176 g/mol. The summed E-state index contributed by atoms with van der Waals surface area (Å²) in [4.78, 5) is 13.4. The van der Waals surface area contributed by atoms with Crippen LogP contribution in [-0.2, 0) is 6.54 Å². The van der Waals surface area contributed by atoms with E-state index in [1.165, 1.54) is 17.1 Å². The van der Waals surface area contributed by atoms with Gasteiger partial charge in [-0.3, -0.25) is 0 Å². The summed E-state index contributed by atoms with van der Waals surface area (Å²) >= 11 is 5.40. The van der Waals surface area contributed by atoms with E-state index in [0.717, 1.165) is 0 Å². The van der Waals surface area contributed by atoms with Gasteiger partial charge in [-0.1, -0.05) is 0 Å². The molecular weight excluding hydrogens is 170 g/mol. The first-order valence-electron chi connectivity index (χ1n) is 2.96. The second-order valence-electron chi connectivity index (χ2n) is 1.89. The summed E-state index contributed by atoms with van der Waals surface area (Å²) in [6.07, 6.45) is 2.59. The van der Waals surface area contributed by atoms with Crippen molar-refractivity contribution in [1.29, 1.82) is 0 Å². The number of nitro groups is 1. The molecule has 11 heavy (non-hydrogen) atoms. The molecule has 0 amide bonds. The van der Waals surface area contributed by atoms with Crippen molar-refractivity contribution in [2.45, 2.75) is 6.54 Å². The number of hydrogen-bond acceptors (Lipinski definition) is 3. The largest absolute Gasteiger partial charge is 0.358 e. The van der Waals surface area contributed by atoms with Crippen molar-refractivity contribution < 1.29 is 4.92 Å². The van der Waals surface area contributed by atoms with Gasteiger partial charge in [-0.15, -0.1) is 11.6 Å². The Hall–Kier alpha value is -1.10. The predicted molar refractivity (Wildman–Crippen MR) is 39.6 cm³/mol. The Balaban J connectivity index is 2.87. The van der Waals surface area contributed by atoms with Crippen LogP contribution in [0.4, 0.5) is 5.82 Å². The van der Waals surface area contributed by atoms with Crippen molar-refractivity contribution >= 4 is 17.4 Å². The Morgan fingerprint density at radius 2 is 2.55 bits per heavy atom. The Morgan fingerprint density at radius 1 is 1.82 bits per heavy atom. The molecule has 0 atom stereocenters. The summed E-state index contributed by atoms with van der Waals surface area (Å²) in [6.45, 7) is 0.415. The summed E-state index contributed by atoms with van der Waals surface area (Å²) in [5, 5.41) is 10.3. The van der Waals surface area contributed by atoms with Crippen LogP contribution in [0.25, 0.3) is 0 Å². The minimum Gasteiger partial charge on any atom is -0.358 e. The van der Waals surface area contributed by atoms with E-state index in [2.05, 4.69) is 4.98 Å².